The molecule has 0 aromatic rings. The van der Waals surface area contributed by atoms with Gasteiger partial charge in [-0.05, 0) is 12.8 Å². The molecule has 0 N–H and O–H groups in total. The van der Waals surface area contributed by atoms with E-state index >= 15 is 0 Å². The molecule has 0 fully saturated rings. The van der Waals surface area contributed by atoms with Crippen LogP contribution in [0.5, 0.6) is 0 Å². The van der Waals surface area contributed by atoms with Gasteiger partial charge in [-0.2, -0.15) is 0 Å². The lowest BCUT2D eigenvalue weighted by Crippen LogP contribution is -2.35. The van der Waals surface area contributed by atoms with Crippen LogP contribution in [0.25, 0.3) is 0 Å². The van der Waals surface area contributed by atoms with Gasteiger partial charge in [-0.25, -0.2) is 0 Å². The highest BCUT2D eigenvalue weighted by atomic mass is 15.3. The van der Waals surface area contributed by atoms with E-state index in [1.807, 2.05) is 0 Å². The molecule has 1 heteroatoms. The Bertz CT molecular complexity index is 181. The zero-order valence-corrected chi connectivity index (χ0v) is 15.1. The van der Waals surface area contributed by atoms with Crippen LogP contribution in [-0.2, 0) is 0 Å². The lowest BCUT2D eigenvalue weighted by Gasteiger charge is -2.23. The smallest absolute Gasteiger partial charge is 0.0780 e. The van der Waals surface area contributed by atoms with Crippen molar-refractivity contribution >= 4 is 0 Å². The van der Waals surface area contributed by atoms with Crippen LogP contribution in [0.15, 0.2) is 0 Å². The second kappa shape index (κ2) is 16.3. The molecule has 0 spiro atoms. The zero-order valence-electron chi connectivity index (χ0n) is 15.1. The Balaban J connectivity index is 0. The second-order valence-electron chi connectivity index (χ2n) is 7.61. The highest BCUT2D eigenvalue weighted by Gasteiger charge is 2.04. The molecular weight excluding hydrogens is 254 g/mol. The van der Waals surface area contributed by atoms with E-state index in [0.717, 1.165) is 4.48 Å². The van der Waals surface area contributed by atoms with Crippen molar-refractivity contribution in [2.45, 2.75) is 104 Å². The Kier molecular flexibility index (Phi) is 18.1. The molecule has 0 aliphatic heterocycles. The van der Waals surface area contributed by atoms with Crippen molar-refractivity contribution in [3.8, 4) is 0 Å². The van der Waals surface area contributed by atoms with E-state index < -0.39 is 0 Å². The lowest BCUT2D eigenvalue weighted by molar-refractivity contribution is -0.870. The number of quaternary nitrogens is 1. The van der Waals surface area contributed by atoms with Gasteiger partial charge in [0.15, 0.2) is 0 Å². The summed E-state index contributed by atoms with van der Waals surface area (Å²) in [6.45, 7) is 3.63. The lowest BCUT2D eigenvalue weighted by atomic mass is 10.0. The molecule has 0 unspecified atom stereocenters. The molecule has 0 bridgehead atoms. The van der Waals surface area contributed by atoms with Gasteiger partial charge < -0.3 is 4.48 Å². The van der Waals surface area contributed by atoms with Crippen molar-refractivity contribution in [1.29, 1.82) is 0 Å². The van der Waals surface area contributed by atoms with Crippen LogP contribution in [0, 0.1) is 0 Å². The maximum absolute atomic E-state index is 2.29. The highest BCUT2D eigenvalue weighted by molar-refractivity contribution is 4.49. The van der Waals surface area contributed by atoms with Gasteiger partial charge in [0.1, 0.15) is 0 Å². The fourth-order valence-corrected chi connectivity index (χ4v) is 2.78. The SMILES string of the molecule is C.CCCCCCCCCCCCCCCC[N+](C)(C)C. The summed E-state index contributed by atoms with van der Waals surface area (Å²) in [5.74, 6) is 0. The molecule has 0 atom stereocenters. The number of nitrogens with zero attached hydrogens (tertiary/aromatic N) is 1. The second-order valence-corrected chi connectivity index (χ2v) is 7.61. The van der Waals surface area contributed by atoms with Gasteiger partial charge in [-0.1, -0.05) is 91.4 Å². The number of hydrogen-bond donors (Lipinski definition) is 0. The summed E-state index contributed by atoms with van der Waals surface area (Å²) in [5, 5.41) is 0. The van der Waals surface area contributed by atoms with Crippen molar-refractivity contribution in [2.24, 2.45) is 0 Å². The van der Waals surface area contributed by atoms with Crippen molar-refractivity contribution in [3.05, 3.63) is 0 Å². The first kappa shape index (κ1) is 23.2. The third-order valence-electron chi connectivity index (χ3n) is 4.18. The minimum atomic E-state index is 0. The molecule has 0 aliphatic rings. The van der Waals surface area contributed by atoms with Crippen LogP contribution in [0.3, 0.4) is 0 Å². The van der Waals surface area contributed by atoms with Gasteiger partial charge in [-0.15, -0.1) is 0 Å². The van der Waals surface area contributed by atoms with E-state index in [2.05, 4.69) is 28.1 Å². The molecule has 0 amide bonds. The largest absolute Gasteiger partial charge is 0.331 e. The van der Waals surface area contributed by atoms with Crippen molar-refractivity contribution in [1.82, 2.24) is 0 Å². The molecule has 0 aliphatic carbocycles. The maximum Gasteiger partial charge on any atom is 0.0780 e. The summed E-state index contributed by atoms with van der Waals surface area (Å²) >= 11 is 0. The topological polar surface area (TPSA) is 0 Å². The molecule has 21 heavy (non-hydrogen) atoms. The van der Waals surface area contributed by atoms with Crippen molar-refractivity contribution < 1.29 is 4.48 Å². The van der Waals surface area contributed by atoms with Gasteiger partial charge in [-0.3, -0.25) is 0 Å². The quantitative estimate of drug-likeness (QED) is 0.230. The molecule has 1 nitrogen and oxygen atoms in total. The first-order valence-corrected chi connectivity index (χ1v) is 9.36. The van der Waals surface area contributed by atoms with Crippen LogP contribution in [0.2, 0.25) is 0 Å². The third-order valence-corrected chi connectivity index (χ3v) is 4.18. The van der Waals surface area contributed by atoms with Gasteiger partial charge in [0.2, 0.25) is 0 Å². The van der Waals surface area contributed by atoms with Gasteiger partial charge >= 0.3 is 0 Å². The average Bonchev–Trinajstić information content (AvgIpc) is 2.38. The Morgan fingerprint density at radius 1 is 0.476 bits per heavy atom. The van der Waals surface area contributed by atoms with Crippen LogP contribution < -0.4 is 0 Å². The molecule has 130 valence electrons. The minimum absolute atomic E-state index is 0. The van der Waals surface area contributed by atoms with E-state index in [-0.39, 0.29) is 7.43 Å². The fraction of sp³-hybridized carbons (Fsp3) is 1.00. The average molecular weight is 301 g/mol. The van der Waals surface area contributed by atoms with Crippen LogP contribution in [0.1, 0.15) is 104 Å². The number of hydrogen-bond acceptors (Lipinski definition) is 0. The molecule has 0 radical (unpaired) electrons. The molecule has 0 rings (SSSR count). The first-order valence-electron chi connectivity index (χ1n) is 9.36. The molecule has 0 saturated carbocycles. The van der Waals surface area contributed by atoms with Crippen LogP contribution >= 0.6 is 0 Å². The zero-order chi connectivity index (χ0) is 15.1. The summed E-state index contributed by atoms with van der Waals surface area (Å²) in [6, 6.07) is 0. The van der Waals surface area contributed by atoms with Gasteiger partial charge in [0.25, 0.3) is 0 Å². The van der Waals surface area contributed by atoms with Crippen LogP contribution in [0.4, 0.5) is 0 Å². The maximum atomic E-state index is 2.29. The first-order chi connectivity index (χ1) is 9.56. The molecule has 0 saturated heterocycles. The normalized spacial score (nSPS) is 11.4. The van der Waals surface area contributed by atoms with E-state index in [9.17, 15) is 0 Å². The highest BCUT2D eigenvalue weighted by Crippen LogP contribution is 2.13. The third kappa shape index (κ3) is 22.4. The van der Waals surface area contributed by atoms with Crippen molar-refractivity contribution in [3.63, 3.8) is 0 Å². The Hall–Kier alpha value is -0.0400. The summed E-state index contributed by atoms with van der Waals surface area (Å²) in [6.07, 6.45) is 20.4. The van der Waals surface area contributed by atoms with Gasteiger partial charge in [0.05, 0.1) is 27.7 Å². The molecule has 0 heterocycles. The van der Waals surface area contributed by atoms with E-state index in [1.165, 1.54) is 96.4 Å². The number of rotatable bonds is 15. The van der Waals surface area contributed by atoms with E-state index in [0.29, 0.717) is 0 Å². The summed E-state index contributed by atoms with van der Waals surface area (Å²) in [7, 11) is 6.88. The van der Waals surface area contributed by atoms with Gasteiger partial charge in [0, 0.05) is 0 Å². The Labute approximate surface area is 137 Å². The standard InChI is InChI=1S/C19H42N.CH4/c1-5-6-7-8-9-10-11-12-13-14-15-16-17-18-19-20(2,3)4;/h5-19H2,1-4H3;1H4/q+1;. The summed E-state index contributed by atoms with van der Waals surface area (Å²) in [4.78, 5) is 0. The molecular formula is C20H46N+. The predicted octanol–water partition coefficient (Wildman–Crippen LogP) is 6.81. The number of unbranched alkanes of at least 4 members (excludes halogenated alkanes) is 13. The Morgan fingerprint density at radius 2 is 0.762 bits per heavy atom. The van der Waals surface area contributed by atoms with Crippen molar-refractivity contribution in [2.75, 3.05) is 27.7 Å². The monoisotopic (exact) mass is 300 g/mol. The van der Waals surface area contributed by atoms with E-state index in [1.54, 1.807) is 0 Å². The molecule has 0 aromatic carbocycles. The Morgan fingerprint density at radius 3 is 1.05 bits per heavy atom. The predicted molar refractivity (Wildman–Crippen MR) is 99.9 cm³/mol. The fourth-order valence-electron chi connectivity index (χ4n) is 2.78. The van der Waals surface area contributed by atoms with E-state index in [4.69, 9.17) is 0 Å². The molecule has 0 aromatic heterocycles. The summed E-state index contributed by atoms with van der Waals surface area (Å²) in [5.41, 5.74) is 0. The minimum Gasteiger partial charge on any atom is -0.331 e. The summed E-state index contributed by atoms with van der Waals surface area (Å²) < 4.78 is 1.12. The van der Waals surface area contributed by atoms with Crippen LogP contribution in [-0.4, -0.2) is 32.2 Å².